The summed E-state index contributed by atoms with van der Waals surface area (Å²) >= 11 is 0. The van der Waals surface area contributed by atoms with E-state index in [4.69, 9.17) is 4.74 Å². The van der Waals surface area contributed by atoms with Gasteiger partial charge in [0.1, 0.15) is 35.9 Å². The Kier molecular flexibility index (Phi) is 5.93. The Morgan fingerprint density at radius 2 is 2.06 bits per heavy atom. The zero-order valence-electron chi connectivity index (χ0n) is 18.1. The lowest BCUT2D eigenvalue weighted by atomic mass is 10.1. The van der Waals surface area contributed by atoms with Crippen molar-refractivity contribution in [1.82, 2.24) is 14.9 Å². The molecule has 10 heteroatoms. The normalized spacial score (nSPS) is 20.8. The first-order chi connectivity index (χ1) is 15.1. The number of aromatic nitrogens is 2. The van der Waals surface area contributed by atoms with Gasteiger partial charge in [-0.15, -0.1) is 0 Å². The summed E-state index contributed by atoms with van der Waals surface area (Å²) in [5.74, 6) is 3.99. The Labute approximate surface area is 186 Å². The number of rotatable bonds is 6. The van der Waals surface area contributed by atoms with E-state index in [1.165, 1.54) is 24.7 Å². The molecule has 0 bridgehead atoms. The Balaban J connectivity index is 1.69. The van der Waals surface area contributed by atoms with Gasteiger partial charge in [-0.2, -0.15) is 0 Å². The van der Waals surface area contributed by atoms with Gasteiger partial charge in [0, 0.05) is 46.2 Å². The highest BCUT2D eigenvalue weighted by atomic mass is 32.2. The molecule has 0 aliphatic carbocycles. The smallest absolute Gasteiger partial charge is 0.146 e. The predicted molar refractivity (Wildman–Crippen MR) is 127 cm³/mol. The van der Waals surface area contributed by atoms with Crippen LogP contribution in [0.1, 0.15) is 5.56 Å². The summed E-state index contributed by atoms with van der Waals surface area (Å²) in [4.78, 5) is 10.7. The third-order valence-corrected chi connectivity index (χ3v) is 5.83. The van der Waals surface area contributed by atoms with Gasteiger partial charge >= 0.3 is 0 Å². The summed E-state index contributed by atoms with van der Waals surface area (Å²) < 4.78 is 34.9. The summed E-state index contributed by atoms with van der Waals surface area (Å²) in [5, 5.41) is 14.2. The third kappa shape index (κ3) is 4.93. The molecule has 1 saturated heterocycles. The summed E-state index contributed by atoms with van der Waals surface area (Å²) in [5.41, 5.74) is 2.66. The maximum absolute atomic E-state index is 14.0. The van der Waals surface area contributed by atoms with Crippen molar-refractivity contribution in [1.29, 1.82) is 0 Å². The van der Waals surface area contributed by atoms with Gasteiger partial charge in [0.05, 0.1) is 11.2 Å². The van der Waals surface area contributed by atoms with Crippen LogP contribution in [0.15, 0.2) is 36.7 Å². The molecule has 0 spiro atoms. The molecular formula is C22H26FN5O3S. The van der Waals surface area contributed by atoms with Crippen LogP contribution in [0.5, 0.6) is 5.75 Å². The molecule has 0 saturated carbocycles. The lowest BCUT2D eigenvalue weighted by Crippen LogP contribution is -2.30. The van der Waals surface area contributed by atoms with Crippen molar-refractivity contribution in [3.05, 3.63) is 48.0 Å². The number of aliphatic hydroxyl groups is 1. The standard InChI is InChI=1S/C22H26FN5O3S/c1-13-7-15(27-32(3,4)30)9-17-21(13)22(25-12-24-17)26-16-6-5-14(23)8-19(16)31-20-11-28(2)10-18(20)29/h5-9,12,18,20,29H,3,10-11H2,1-2,4H3,(H,27,30)(H,24,25,26). The minimum absolute atomic E-state index is 0.287. The number of benzene rings is 2. The van der Waals surface area contributed by atoms with E-state index in [0.29, 0.717) is 35.8 Å². The highest BCUT2D eigenvalue weighted by Gasteiger charge is 2.31. The van der Waals surface area contributed by atoms with Crippen LogP contribution >= 0.6 is 0 Å². The van der Waals surface area contributed by atoms with E-state index in [-0.39, 0.29) is 5.75 Å². The largest absolute Gasteiger partial charge is 0.484 e. The zero-order chi connectivity index (χ0) is 23.0. The van der Waals surface area contributed by atoms with Crippen molar-refractivity contribution < 1.29 is 18.4 Å². The van der Waals surface area contributed by atoms with Gasteiger partial charge in [-0.05, 0) is 49.7 Å². The SMILES string of the molecule is C=S(C)(=O)Nc1cc(C)c2c(Nc3ccc(F)cc3OC3CN(C)CC3O)ncnc2c1. The number of aliphatic hydroxyl groups excluding tert-OH is 1. The van der Waals surface area contributed by atoms with E-state index in [2.05, 4.69) is 25.9 Å². The lowest BCUT2D eigenvalue weighted by molar-refractivity contribution is 0.0740. The quantitative estimate of drug-likeness (QED) is 0.487. The van der Waals surface area contributed by atoms with Gasteiger partial charge in [0.25, 0.3) is 0 Å². The minimum Gasteiger partial charge on any atom is -0.484 e. The number of β-amino-alcohol motifs (C(OH)–C–C–N with tert-alkyl or cyclic N) is 1. The molecular weight excluding hydrogens is 433 g/mol. The average Bonchev–Trinajstić information content (AvgIpc) is 2.99. The number of hydrogen-bond donors (Lipinski definition) is 3. The van der Waals surface area contributed by atoms with Crippen molar-refractivity contribution in [3.8, 4) is 5.75 Å². The Bertz CT molecular complexity index is 1270. The van der Waals surface area contributed by atoms with Crippen molar-refractivity contribution in [3.63, 3.8) is 0 Å². The van der Waals surface area contributed by atoms with E-state index in [1.807, 2.05) is 24.9 Å². The molecule has 2 aromatic carbocycles. The molecule has 1 aliphatic heterocycles. The van der Waals surface area contributed by atoms with Crippen LogP contribution in [0.25, 0.3) is 10.9 Å². The monoisotopic (exact) mass is 459 g/mol. The molecule has 0 amide bonds. The number of ether oxygens (including phenoxy) is 1. The molecule has 3 unspecified atom stereocenters. The molecule has 1 aromatic heterocycles. The molecule has 170 valence electrons. The fraction of sp³-hybridized carbons (Fsp3) is 0.318. The van der Waals surface area contributed by atoms with Gasteiger partial charge in [0.2, 0.25) is 0 Å². The molecule has 1 fully saturated rings. The van der Waals surface area contributed by atoms with Crippen LogP contribution in [-0.2, 0) is 9.71 Å². The lowest BCUT2D eigenvalue weighted by Gasteiger charge is -2.20. The number of halogens is 1. The molecule has 3 aromatic rings. The second kappa shape index (κ2) is 8.53. The molecule has 8 nitrogen and oxygen atoms in total. The topological polar surface area (TPSA) is 99.6 Å². The van der Waals surface area contributed by atoms with E-state index in [1.54, 1.807) is 12.1 Å². The number of anilines is 3. The number of likely N-dealkylation sites (tertiary alicyclic amines) is 1. The molecule has 0 radical (unpaired) electrons. The predicted octanol–water partition coefficient (Wildman–Crippen LogP) is 2.55. The summed E-state index contributed by atoms with van der Waals surface area (Å²) in [7, 11) is -0.545. The first kappa shape index (κ1) is 22.3. The fourth-order valence-corrected chi connectivity index (χ4v) is 4.45. The second-order valence-electron chi connectivity index (χ2n) is 8.23. The molecule has 1 aliphatic rings. The minimum atomic E-state index is -2.44. The van der Waals surface area contributed by atoms with Crippen molar-refractivity contribution >= 4 is 43.7 Å². The molecule has 4 rings (SSSR count). The van der Waals surface area contributed by atoms with E-state index < -0.39 is 27.7 Å². The Morgan fingerprint density at radius 1 is 1.28 bits per heavy atom. The molecule has 3 atom stereocenters. The van der Waals surface area contributed by atoms with E-state index in [9.17, 15) is 13.7 Å². The first-order valence-electron chi connectivity index (χ1n) is 10.0. The van der Waals surface area contributed by atoms with E-state index in [0.717, 1.165) is 10.9 Å². The summed E-state index contributed by atoms with van der Waals surface area (Å²) in [6.07, 6.45) is 1.81. The van der Waals surface area contributed by atoms with E-state index >= 15 is 0 Å². The van der Waals surface area contributed by atoms with Crippen molar-refractivity contribution in [2.45, 2.75) is 19.1 Å². The van der Waals surface area contributed by atoms with Crippen molar-refractivity contribution in [2.75, 3.05) is 36.4 Å². The number of likely N-dealkylation sites (N-methyl/N-ethyl adjacent to an activating group) is 1. The van der Waals surface area contributed by atoms with Gasteiger partial charge in [0.15, 0.2) is 0 Å². The number of fused-ring (bicyclic) bond motifs is 1. The van der Waals surface area contributed by atoms with Crippen LogP contribution < -0.4 is 14.8 Å². The maximum atomic E-state index is 14.0. The molecule has 2 heterocycles. The molecule has 3 N–H and O–H groups in total. The zero-order valence-corrected chi connectivity index (χ0v) is 18.9. The molecule has 32 heavy (non-hydrogen) atoms. The summed E-state index contributed by atoms with van der Waals surface area (Å²) in [6.45, 7) is 2.93. The number of aryl methyl sites for hydroxylation is 1. The third-order valence-electron chi connectivity index (χ3n) is 5.16. The number of hydrogen-bond acceptors (Lipinski definition) is 7. The number of nitrogens with one attached hydrogen (secondary N) is 2. The summed E-state index contributed by atoms with van der Waals surface area (Å²) in [6, 6.07) is 7.81. The van der Waals surface area contributed by atoms with Gasteiger partial charge in [-0.1, -0.05) is 0 Å². The van der Waals surface area contributed by atoms with Crippen molar-refractivity contribution in [2.24, 2.45) is 0 Å². The van der Waals surface area contributed by atoms with Crippen LogP contribution in [0.3, 0.4) is 0 Å². The van der Waals surface area contributed by atoms with Crippen LogP contribution in [0.2, 0.25) is 0 Å². The average molecular weight is 460 g/mol. The van der Waals surface area contributed by atoms with Crippen LogP contribution in [0, 0.1) is 12.7 Å². The Hall–Kier alpha value is -2.95. The van der Waals surface area contributed by atoms with Crippen LogP contribution in [0.4, 0.5) is 21.6 Å². The van der Waals surface area contributed by atoms with Crippen LogP contribution in [-0.4, -0.2) is 68.7 Å². The second-order valence-corrected chi connectivity index (χ2v) is 10.4. The number of nitrogens with zero attached hydrogens (tertiary/aromatic N) is 3. The van der Waals surface area contributed by atoms with Gasteiger partial charge in [-0.25, -0.2) is 18.6 Å². The van der Waals surface area contributed by atoms with Gasteiger partial charge < -0.3 is 19.9 Å². The Morgan fingerprint density at radius 3 is 2.75 bits per heavy atom. The first-order valence-corrected chi connectivity index (χ1v) is 12.2. The highest BCUT2D eigenvalue weighted by Crippen LogP contribution is 2.34. The maximum Gasteiger partial charge on any atom is 0.146 e. The fourth-order valence-electron chi connectivity index (χ4n) is 3.84. The highest BCUT2D eigenvalue weighted by molar-refractivity contribution is 8.00. The van der Waals surface area contributed by atoms with Gasteiger partial charge in [-0.3, -0.25) is 4.90 Å².